The van der Waals surface area contributed by atoms with E-state index in [0.29, 0.717) is 18.7 Å². The topological polar surface area (TPSA) is 73.2 Å². The summed E-state index contributed by atoms with van der Waals surface area (Å²) in [5.74, 6) is 1.58. The van der Waals surface area contributed by atoms with Crippen molar-refractivity contribution in [2.24, 2.45) is 5.92 Å². The molecule has 3 aliphatic carbocycles. The standard InChI is InChI=1S/C32H36N2O4/c35-25-11-10-23-18-26-32(37)14-12-24(34-16-13-22(30(34)36)9-8-20-4-2-1-3-5-20)29-31(32,27(23)28(25)38-29)15-17-33(26)19-21-6-7-21/h1-5,9-11,21,24,26,29,35,37H,6-8,12-19H2/b22-9+/t24-,26+,29+,31+,32-/m1/s1. The third-order valence-electron chi connectivity index (χ3n) is 10.7. The Labute approximate surface area is 223 Å². The van der Waals surface area contributed by atoms with Gasteiger partial charge in [0, 0.05) is 30.3 Å². The van der Waals surface area contributed by atoms with Crippen LogP contribution in [-0.2, 0) is 23.1 Å². The lowest BCUT2D eigenvalue weighted by atomic mass is 9.48. The van der Waals surface area contributed by atoms with Gasteiger partial charge in [0.25, 0.3) is 0 Å². The number of phenolic OH excluding ortho intramolecular Hbond substituents is 1. The lowest BCUT2D eigenvalue weighted by Crippen LogP contribution is -2.78. The molecule has 198 valence electrons. The van der Waals surface area contributed by atoms with Crippen LogP contribution in [0.5, 0.6) is 11.5 Å². The molecule has 0 unspecified atom stereocenters. The second kappa shape index (κ2) is 8.09. The third kappa shape index (κ3) is 3.05. The van der Waals surface area contributed by atoms with Gasteiger partial charge in [-0.3, -0.25) is 9.69 Å². The zero-order chi connectivity index (χ0) is 25.6. The molecule has 6 heteroatoms. The van der Waals surface area contributed by atoms with Crippen molar-refractivity contribution < 1.29 is 19.7 Å². The average Bonchev–Trinajstić information content (AvgIpc) is 3.56. The molecule has 1 amide bonds. The van der Waals surface area contributed by atoms with Crippen LogP contribution in [0.2, 0.25) is 0 Å². The van der Waals surface area contributed by atoms with Crippen LogP contribution in [0, 0.1) is 5.92 Å². The number of piperidine rings is 1. The highest BCUT2D eigenvalue weighted by molar-refractivity contribution is 5.96. The number of carbonyl (C=O) groups is 1. The molecular weight excluding hydrogens is 476 g/mol. The molecule has 0 aromatic heterocycles. The lowest BCUT2D eigenvalue weighted by molar-refractivity contribution is -0.200. The van der Waals surface area contributed by atoms with Gasteiger partial charge in [-0.1, -0.05) is 42.5 Å². The first-order valence-electron chi connectivity index (χ1n) is 14.5. The number of carbonyl (C=O) groups excluding carboxylic acids is 1. The van der Waals surface area contributed by atoms with Gasteiger partial charge in [-0.05, 0) is 81.0 Å². The minimum absolute atomic E-state index is 0.0579. The Balaban J connectivity index is 1.15. The van der Waals surface area contributed by atoms with Crippen molar-refractivity contribution in [1.29, 1.82) is 0 Å². The highest BCUT2D eigenvalue weighted by Crippen LogP contribution is 2.66. The highest BCUT2D eigenvalue weighted by atomic mass is 16.5. The van der Waals surface area contributed by atoms with Crippen molar-refractivity contribution in [3.05, 3.63) is 70.8 Å². The number of benzene rings is 2. The van der Waals surface area contributed by atoms with E-state index >= 15 is 0 Å². The molecule has 1 spiro atoms. The van der Waals surface area contributed by atoms with Crippen LogP contribution in [-0.4, -0.2) is 69.3 Å². The third-order valence-corrected chi connectivity index (χ3v) is 10.7. The summed E-state index contributed by atoms with van der Waals surface area (Å²) in [7, 11) is 0. The van der Waals surface area contributed by atoms with Gasteiger partial charge in [0.1, 0.15) is 6.10 Å². The van der Waals surface area contributed by atoms with E-state index in [1.54, 1.807) is 6.07 Å². The van der Waals surface area contributed by atoms with Gasteiger partial charge in [-0.2, -0.15) is 0 Å². The molecule has 2 aromatic rings. The number of aliphatic hydroxyl groups is 1. The van der Waals surface area contributed by atoms with Crippen LogP contribution < -0.4 is 4.74 Å². The van der Waals surface area contributed by atoms with Gasteiger partial charge in [-0.25, -0.2) is 0 Å². The van der Waals surface area contributed by atoms with Crippen molar-refractivity contribution >= 4 is 5.91 Å². The SMILES string of the molecule is O=C1/C(=C/Cc2ccccc2)CCN1[C@@H]1CC[C@@]2(O)[C@@H]3Cc4ccc(O)c5c4[C@@]2(CCN3CC2CC2)[C@H]1O5. The van der Waals surface area contributed by atoms with Gasteiger partial charge in [0.2, 0.25) is 5.91 Å². The quantitative estimate of drug-likeness (QED) is 0.598. The molecule has 3 aliphatic heterocycles. The maximum atomic E-state index is 13.7. The number of aromatic hydroxyl groups is 1. The molecule has 6 nitrogen and oxygen atoms in total. The van der Waals surface area contributed by atoms with Crippen LogP contribution in [0.4, 0.5) is 0 Å². The molecule has 3 heterocycles. The summed E-state index contributed by atoms with van der Waals surface area (Å²) in [6, 6.07) is 14.0. The molecule has 2 aromatic carbocycles. The lowest BCUT2D eigenvalue weighted by Gasteiger charge is -2.64. The van der Waals surface area contributed by atoms with E-state index in [-0.39, 0.29) is 29.8 Å². The van der Waals surface area contributed by atoms with Gasteiger partial charge in [0.05, 0.1) is 17.1 Å². The van der Waals surface area contributed by atoms with Crippen LogP contribution in [0.15, 0.2) is 54.1 Å². The maximum Gasteiger partial charge on any atom is 0.249 e. The number of rotatable bonds is 5. The number of likely N-dealkylation sites (tertiary alicyclic amines) is 2. The number of nitrogens with zero attached hydrogens (tertiary/aromatic N) is 2. The maximum absolute atomic E-state index is 13.7. The predicted molar refractivity (Wildman–Crippen MR) is 143 cm³/mol. The largest absolute Gasteiger partial charge is 0.504 e. The molecule has 2 bridgehead atoms. The first-order valence-corrected chi connectivity index (χ1v) is 14.5. The molecule has 4 fully saturated rings. The van der Waals surface area contributed by atoms with E-state index in [9.17, 15) is 15.0 Å². The monoisotopic (exact) mass is 512 g/mol. The Bertz CT molecular complexity index is 1340. The molecule has 38 heavy (non-hydrogen) atoms. The van der Waals surface area contributed by atoms with Crippen molar-refractivity contribution in [2.75, 3.05) is 19.6 Å². The Morgan fingerprint density at radius 3 is 2.71 bits per heavy atom. The first kappa shape index (κ1) is 23.1. The summed E-state index contributed by atoms with van der Waals surface area (Å²) in [4.78, 5) is 18.3. The molecule has 8 rings (SSSR count). The van der Waals surface area contributed by atoms with Crippen LogP contribution in [0.1, 0.15) is 55.2 Å². The zero-order valence-corrected chi connectivity index (χ0v) is 21.8. The zero-order valence-electron chi connectivity index (χ0n) is 21.8. The van der Waals surface area contributed by atoms with Crippen molar-refractivity contribution in [3.63, 3.8) is 0 Å². The van der Waals surface area contributed by atoms with E-state index < -0.39 is 11.0 Å². The summed E-state index contributed by atoms with van der Waals surface area (Å²) >= 11 is 0. The highest BCUT2D eigenvalue weighted by Gasteiger charge is 2.73. The van der Waals surface area contributed by atoms with Gasteiger partial charge >= 0.3 is 0 Å². The van der Waals surface area contributed by atoms with Crippen molar-refractivity contribution in [3.8, 4) is 11.5 Å². The fraction of sp³-hybridized carbons (Fsp3) is 0.531. The average molecular weight is 513 g/mol. The fourth-order valence-corrected chi connectivity index (χ4v) is 8.77. The molecule has 2 N–H and O–H groups in total. The second-order valence-corrected chi connectivity index (χ2v) is 12.6. The van der Waals surface area contributed by atoms with E-state index in [0.717, 1.165) is 62.2 Å². The Morgan fingerprint density at radius 1 is 1.05 bits per heavy atom. The first-order chi connectivity index (χ1) is 18.5. The summed E-state index contributed by atoms with van der Waals surface area (Å²) < 4.78 is 6.70. The van der Waals surface area contributed by atoms with E-state index in [1.165, 1.54) is 24.0 Å². The summed E-state index contributed by atoms with van der Waals surface area (Å²) in [6.07, 6.45) is 8.82. The number of amides is 1. The summed E-state index contributed by atoms with van der Waals surface area (Å²) in [5, 5.41) is 23.6. The second-order valence-electron chi connectivity index (χ2n) is 12.6. The number of allylic oxidation sites excluding steroid dienone is 1. The molecular formula is C32H36N2O4. The smallest absolute Gasteiger partial charge is 0.249 e. The molecule has 6 aliphatic rings. The van der Waals surface area contributed by atoms with Gasteiger partial charge < -0.3 is 19.8 Å². The van der Waals surface area contributed by atoms with Gasteiger partial charge in [0.15, 0.2) is 11.5 Å². The number of ether oxygens (including phenoxy) is 1. The number of hydrogen-bond acceptors (Lipinski definition) is 5. The Kier molecular flexibility index (Phi) is 4.92. The van der Waals surface area contributed by atoms with Crippen LogP contribution in [0.25, 0.3) is 0 Å². The fourth-order valence-electron chi connectivity index (χ4n) is 8.77. The predicted octanol–water partition coefficient (Wildman–Crippen LogP) is 3.73. The van der Waals surface area contributed by atoms with E-state index in [4.69, 9.17) is 4.74 Å². The molecule has 5 atom stereocenters. The summed E-state index contributed by atoms with van der Waals surface area (Å²) in [5.41, 5.74) is 2.82. The number of phenols is 1. The van der Waals surface area contributed by atoms with Crippen LogP contribution >= 0.6 is 0 Å². The Hall–Kier alpha value is -2.83. The van der Waals surface area contributed by atoms with E-state index in [1.807, 2.05) is 29.2 Å². The minimum atomic E-state index is -0.915. The van der Waals surface area contributed by atoms with Crippen LogP contribution in [0.3, 0.4) is 0 Å². The number of hydrogen-bond donors (Lipinski definition) is 2. The Morgan fingerprint density at radius 2 is 1.89 bits per heavy atom. The molecule has 2 saturated heterocycles. The van der Waals surface area contributed by atoms with Crippen molar-refractivity contribution in [1.82, 2.24) is 9.80 Å². The normalized spacial score (nSPS) is 36.4. The minimum Gasteiger partial charge on any atom is -0.504 e. The summed E-state index contributed by atoms with van der Waals surface area (Å²) in [6.45, 7) is 2.68. The van der Waals surface area contributed by atoms with Gasteiger partial charge in [-0.15, -0.1) is 0 Å². The molecule has 2 saturated carbocycles. The molecule has 0 radical (unpaired) electrons. The van der Waals surface area contributed by atoms with Crippen molar-refractivity contribution in [2.45, 2.75) is 80.6 Å². The van der Waals surface area contributed by atoms with E-state index in [2.05, 4.69) is 23.1 Å².